The van der Waals surface area contributed by atoms with E-state index in [1.54, 1.807) is 0 Å². The molecule has 0 atom stereocenters. The SMILES string of the molecule is CCN(CC1CCC1)c1ncc(Br)cn1. The molecule has 0 spiro atoms. The van der Waals surface area contributed by atoms with Crippen LogP contribution in [0, 0.1) is 5.92 Å². The van der Waals surface area contributed by atoms with Crippen LogP contribution in [0.25, 0.3) is 0 Å². The summed E-state index contributed by atoms with van der Waals surface area (Å²) in [4.78, 5) is 10.9. The summed E-state index contributed by atoms with van der Waals surface area (Å²) < 4.78 is 0.936. The summed E-state index contributed by atoms with van der Waals surface area (Å²) in [5.74, 6) is 1.71. The molecule has 1 fully saturated rings. The third-order valence-electron chi connectivity index (χ3n) is 2.97. The molecule has 0 bridgehead atoms. The van der Waals surface area contributed by atoms with Crippen LogP contribution in [0.2, 0.25) is 0 Å². The van der Waals surface area contributed by atoms with Crippen molar-refractivity contribution in [3.05, 3.63) is 16.9 Å². The number of hydrogen-bond acceptors (Lipinski definition) is 3. The van der Waals surface area contributed by atoms with Crippen molar-refractivity contribution in [3.8, 4) is 0 Å². The average Bonchev–Trinajstić information content (AvgIpc) is 2.19. The number of nitrogens with zero attached hydrogens (tertiary/aromatic N) is 3. The second kappa shape index (κ2) is 4.92. The van der Waals surface area contributed by atoms with Gasteiger partial charge in [0.2, 0.25) is 5.95 Å². The molecule has 0 unspecified atom stereocenters. The Morgan fingerprint density at radius 3 is 2.53 bits per heavy atom. The Labute approximate surface area is 99.0 Å². The number of aromatic nitrogens is 2. The Hall–Kier alpha value is -0.640. The van der Waals surface area contributed by atoms with Gasteiger partial charge in [-0.3, -0.25) is 0 Å². The van der Waals surface area contributed by atoms with Crippen LogP contribution in [0.5, 0.6) is 0 Å². The molecular formula is C11H16BrN3. The predicted molar refractivity (Wildman–Crippen MR) is 65.0 cm³/mol. The largest absolute Gasteiger partial charge is 0.341 e. The summed E-state index contributed by atoms with van der Waals surface area (Å²) in [5.41, 5.74) is 0. The first kappa shape index (κ1) is 10.9. The zero-order chi connectivity index (χ0) is 10.7. The molecule has 1 aliphatic carbocycles. The molecule has 1 aliphatic rings. The molecule has 0 aliphatic heterocycles. The van der Waals surface area contributed by atoms with E-state index in [-0.39, 0.29) is 0 Å². The highest BCUT2D eigenvalue weighted by Gasteiger charge is 2.21. The minimum absolute atomic E-state index is 0.854. The fourth-order valence-electron chi connectivity index (χ4n) is 1.81. The highest BCUT2D eigenvalue weighted by molar-refractivity contribution is 9.10. The van der Waals surface area contributed by atoms with Gasteiger partial charge < -0.3 is 4.90 Å². The summed E-state index contributed by atoms with van der Waals surface area (Å²) in [6.07, 6.45) is 7.75. The van der Waals surface area contributed by atoms with Crippen molar-refractivity contribution in [2.75, 3.05) is 18.0 Å². The van der Waals surface area contributed by atoms with Crippen LogP contribution < -0.4 is 4.90 Å². The molecule has 1 aromatic rings. The molecule has 0 saturated heterocycles. The average molecular weight is 270 g/mol. The molecule has 1 saturated carbocycles. The van der Waals surface area contributed by atoms with E-state index in [1.165, 1.54) is 19.3 Å². The van der Waals surface area contributed by atoms with E-state index in [4.69, 9.17) is 0 Å². The Morgan fingerprint density at radius 2 is 2.07 bits per heavy atom. The Bertz CT molecular complexity index is 308. The van der Waals surface area contributed by atoms with Crippen molar-refractivity contribution in [1.82, 2.24) is 9.97 Å². The van der Waals surface area contributed by atoms with Crippen LogP contribution in [-0.4, -0.2) is 23.1 Å². The molecule has 1 aromatic heterocycles. The Morgan fingerprint density at radius 1 is 1.40 bits per heavy atom. The Kier molecular flexibility index (Phi) is 3.57. The summed E-state index contributed by atoms with van der Waals surface area (Å²) in [7, 11) is 0. The maximum Gasteiger partial charge on any atom is 0.225 e. The minimum Gasteiger partial charge on any atom is -0.341 e. The van der Waals surface area contributed by atoms with Crippen LogP contribution in [0.15, 0.2) is 16.9 Å². The van der Waals surface area contributed by atoms with E-state index in [2.05, 4.69) is 37.7 Å². The van der Waals surface area contributed by atoms with Crippen molar-refractivity contribution >= 4 is 21.9 Å². The first-order valence-electron chi connectivity index (χ1n) is 5.52. The molecule has 0 amide bonds. The number of hydrogen-bond donors (Lipinski definition) is 0. The lowest BCUT2D eigenvalue weighted by atomic mass is 9.85. The van der Waals surface area contributed by atoms with Gasteiger partial charge in [-0.15, -0.1) is 0 Å². The van der Waals surface area contributed by atoms with Crippen molar-refractivity contribution in [2.45, 2.75) is 26.2 Å². The van der Waals surface area contributed by atoms with E-state index < -0.39 is 0 Å². The number of anilines is 1. The quantitative estimate of drug-likeness (QED) is 0.842. The van der Waals surface area contributed by atoms with Crippen LogP contribution >= 0.6 is 15.9 Å². The third-order valence-corrected chi connectivity index (χ3v) is 3.38. The van der Waals surface area contributed by atoms with Crippen LogP contribution in [0.1, 0.15) is 26.2 Å². The summed E-state index contributed by atoms with van der Waals surface area (Å²) >= 11 is 3.35. The molecule has 0 N–H and O–H groups in total. The zero-order valence-electron chi connectivity index (χ0n) is 8.99. The van der Waals surface area contributed by atoms with Gasteiger partial charge in [-0.05, 0) is 41.6 Å². The lowest BCUT2D eigenvalue weighted by Crippen LogP contribution is -2.33. The predicted octanol–water partition coefficient (Wildman–Crippen LogP) is 2.87. The minimum atomic E-state index is 0.854. The monoisotopic (exact) mass is 269 g/mol. The second-order valence-corrected chi connectivity index (χ2v) is 4.95. The lowest BCUT2D eigenvalue weighted by molar-refractivity contribution is 0.317. The molecule has 1 heterocycles. The molecule has 82 valence electrons. The lowest BCUT2D eigenvalue weighted by Gasteiger charge is -2.31. The van der Waals surface area contributed by atoms with E-state index in [9.17, 15) is 0 Å². The fourth-order valence-corrected chi connectivity index (χ4v) is 2.01. The van der Waals surface area contributed by atoms with E-state index >= 15 is 0 Å². The van der Waals surface area contributed by atoms with Gasteiger partial charge in [0.05, 0.1) is 4.47 Å². The molecular weight excluding hydrogens is 254 g/mol. The van der Waals surface area contributed by atoms with Gasteiger partial charge in [0.15, 0.2) is 0 Å². The first-order valence-corrected chi connectivity index (χ1v) is 6.31. The van der Waals surface area contributed by atoms with Gasteiger partial charge >= 0.3 is 0 Å². The van der Waals surface area contributed by atoms with Gasteiger partial charge in [-0.1, -0.05) is 6.42 Å². The van der Waals surface area contributed by atoms with E-state index in [1.807, 2.05) is 12.4 Å². The van der Waals surface area contributed by atoms with Gasteiger partial charge in [0, 0.05) is 25.5 Å². The number of rotatable bonds is 4. The zero-order valence-corrected chi connectivity index (χ0v) is 10.6. The maximum absolute atomic E-state index is 4.33. The summed E-state index contributed by atoms with van der Waals surface area (Å²) in [6, 6.07) is 0. The van der Waals surface area contributed by atoms with Gasteiger partial charge in [0.25, 0.3) is 0 Å². The van der Waals surface area contributed by atoms with Gasteiger partial charge in [0.1, 0.15) is 0 Å². The highest BCUT2D eigenvalue weighted by Crippen LogP contribution is 2.28. The normalized spacial score (nSPS) is 16.1. The van der Waals surface area contributed by atoms with Crippen LogP contribution in [0.4, 0.5) is 5.95 Å². The van der Waals surface area contributed by atoms with E-state index in [0.29, 0.717) is 0 Å². The van der Waals surface area contributed by atoms with Gasteiger partial charge in [-0.2, -0.15) is 0 Å². The maximum atomic E-state index is 4.33. The highest BCUT2D eigenvalue weighted by atomic mass is 79.9. The molecule has 3 nitrogen and oxygen atoms in total. The second-order valence-electron chi connectivity index (χ2n) is 4.04. The number of halogens is 1. The van der Waals surface area contributed by atoms with E-state index in [0.717, 1.165) is 29.4 Å². The molecule has 4 heteroatoms. The van der Waals surface area contributed by atoms with Gasteiger partial charge in [-0.25, -0.2) is 9.97 Å². The van der Waals surface area contributed by atoms with Crippen LogP contribution in [-0.2, 0) is 0 Å². The standard InChI is InChI=1S/C11H16BrN3/c1-2-15(8-9-4-3-5-9)11-13-6-10(12)7-14-11/h6-7,9H,2-5,8H2,1H3. The summed E-state index contributed by atoms with van der Waals surface area (Å²) in [5, 5.41) is 0. The Balaban J connectivity index is 2.01. The topological polar surface area (TPSA) is 29.0 Å². The molecule has 2 rings (SSSR count). The smallest absolute Gasteiger partial charge is 0.225 e. The molecule has 0 aromatic carbocycles. The molecule has 15 heavy (non-hydrogen) atoms. The summed E-state index contributed by atoms with van der Waals surface area (Å²) in [6.45, 7) is 4.25. The van der Waals surface area contributed by atoms with Crippen molar-refractivity contribution in [2.24, 2.45) is 5.92 Å². The first-order chi connectivity index (χ1) is 7.29. The van der Waals surface area contributed by atoms with Crippen molar-refractivity contribution in [3.63, 3.8) is 0 Å². The third kappa shape index (κ3) is 2.68. The van der Waals surface area contributed by atoms with Crippen LogP contribution in [0.3, 0.4) is 0 Å². The fraction of sp³-hybridized carbons (Fsp3) is 0.636. The van der Waals surface area contributed by atoms with Crippen molar-refractivity contribution in [1.29, 1.82) is 0 Å². The van der Waals surface area contributed by atoms with Crippen molar-refractivity contribution < 1.29 is 0 Å². The molecule has 0 radical (unpaired) electrons.